The van der Waals surface area contributed by atoms with Crippen molar-refractivity contribution in [3.63, 3.8) is 0 Å². The van der Waals surface area contributed by atoms with Crippen LogP contribution in [0.25, 0.3) is 0 Å². The molecule has 0 unspecified atom stereocenters. The second-order valence-electron chi connectivity index (χ2n) is 1.97. The molecule has 0 rings (SSSR count). The van der Waals surface area contributed by atoms with Gasteiger partial charge in [0.2, 0.25) is 3.79 Å². The lowest BCUT2D eigenvalue weighted by Crippen LogP contribution is -2.23. The Bertz CT molecular complexity index is 104. The first-order valence-electron chi connectivity index (χ1n) is 2.89. The molecule has 0 aliphatic heterocycles. The molecular formula is C5H9Cl3O3. The first-order chi connectivity index (χ1) is 4.95. The molecule has 0 radical (unpaired) electrons. The van der Waals surface area contributed by atoms with E-state index in [1.54, 1.807) is 0 Å². The molecule has 0 heterocycles. The SMILES string of the molecule is OC[C@@H](O)COCC(Cl)(Cl)Cl. The summed E-state index contributed by atoms with van der Waals surface area (Å²) in [6.45, 7) is -0.501. The summed E-state index contributed by atoms with van der Waals surface area (Å²) >= 11 is 16.0. The van der Waals surface area contributed by atoms with Gasteiger partial charge >= 0.3 is 0 Å². The van der Waals surface area contributed by atoms with E-state index in [0.29, 0.717) is 0 Å². The van der Waals surface area contributed by atoms with Crippen LogP contribution in [-0.4, -0.2) is 39.9 Å². The molecule has 0 aliphatic rings. The molecule has 0 spiro atoms. The van der Waals surface area contributed by atoms with Crippen molar-refractivity contribution < 1.29 is 14.9 Å². The van der Waals surface area contributed by atoms with Crippen LogP contribution in [0.15, 0.2) is 0 Å². The third-order valence-electron chi connectivity index (χ3n) is 0.787. The van der Waals surface area contributed by atoms with E-state index in [9.17, 15) is 0 Å². The van der Waals surface area contributed by atoms with E-state index in [2.05, 4.69) is 0 Å². The van der Waals surface area contributed by atoms with E-state index < -0.39 is 9.90 Å². The monoisotopic (exact) mass is 222 g/mol. The fraction of sp³-hybridized carbons (Fsp3) is 1.00. The lowest BCUT2D eigenvalue weighted by Gasteiger charge is -2.12. The van der Waals surface area contributed by atoms with Crippen LogP contribution in [0.4, 0.5) is 0 Å². The van der Waals surface area contributed by atoms with Crippen LogP contribution in [0, 0.1) is 0 Å². The van der Waals surface area contributed by atoms with Gasteiger partial charge in [-0.15, -0.1) is 0 Å². The Balaban J connectivity index is 3.28. The van der Waals surface area contributed by atoms with Gasteiger partial charge in [0.05, 0.1) is 19.8 Å². The van der Waals surface area contributed by atoms with Gasteiger partial charge in [-0.1, -0.05) is 34.8 Å². The Morgan fingerprint density at radius 1 is 1.36 bits per heavy atom. The first kappa shape index (κ1) is 11.8. The minimum Gasteiger partial charge on any atom is -0.394 e. The van der Waals surface area contributed by atoms with Gasteiger partial charge in [-0.3, -0.25) is 0 Å². The molecule has 0 saturated heterocycles. The number of rotatable bonds is 4. The Hall–Kier alpha value is 0.750. The molecule has 3 nitrogen and oxygen atoms in total. The maximum Gasteiger partial charge on any atom is 0.213 e. The van der Waals surface area contributed by atoms with Gasteiger partial charge in [0.25, 0.3) is 0 Å². The normalized spacial score (nSPS) is 15.0. The largest absolute Gasteiger partial charge is 0.394 e. The molecule has 1 atom stereocenters. The lowest BCUT2D eigenvalue weighted by molar-refractivity contribution is 0.00782. The van der Waals surface area contributed by atoms with Crippen LogP contribution in [0.5, 0.6) is 0 Å². The van der Waals surface area contributed by atoms with E-state index in [-0.39, 0.29) is 19.8 Å². The van der Waals surface area contributed by atoms with E-state index in [1.807, 2.05) is 0 Å². The van der Waals surface area contributed by atoms with Crippen LogP contribution >= 0.6 is 34.8 Å². The number of ether oxygens (including phenoxy) is 1. The van der Waals surface area contributed by atoms with Crippen molar-refractivity contribution in [1.82, 2.24) is 0 Å². The molecule has 0 aromatic rings. The van der Waals surface area contributed by atoms with Gasteiger partial charge in [0.1, 0.15) is 6.10 Å². The maximum atomic E-state index is 8.75. The van der Waals surface area contributed by atoms with Crippen LogP contribution in [-0.2, 0) is 4.74 Å². The summed E-state index contributed by atoms with van der Waals surface area (Å²) in [5.74, 6) is 0. The average molecular weight is 223 g/mol. The summed E-state index contributed by atoms with van der Waals surface area (Å²) in [6.07, 6.45) is -0.914. The Kier molecular flexibility index (Phi) is 5.77. The molecule has 0 saturated carbocycles. The molecular weight excluding hydrogens is 214 g/mol. The zero-order valence-electron chi connectivity index (χ0n) is 5.64. The lowest BCUT2D eigenvalue weighted by atomic mass is 10.4. The molecule has 0 aromatic heterocycles. The fourth-order valence-electron chi connectivity index (χ4n) is 0.363. The highest BCUT2D eigenvalue weighted by Crippen LogP contribution is 2.25. The van der Waals surface area contributed by atoms with Gasteiger partial charge in [-0.2, -0.15) is 0 Å². The van der Waals surface area contributed by atoms with Crippen LogP contribution in [0.1, 0.15) is 0 Å². The van der Waals surface area contributed by atoms with Gasteiger partial charge < -0.3 is 14.9 Å². The van der Waals surface area contributed by atoms with Crippen LogP contribution in [0.3, 0.4) is 0 Å². The third-order valence-corrected chi connectivity index (χ3v) is 1.11. The number of aliphatic hydroxyl groups excluding tert-OH is 2. The highest BCUT2D eigenvalue weighted by molar-refractivity contribution is 6.67. The molecule has 6 heteroatoms. The molecule has 0 amide bonds. The molecule has 0 bridgehead atoms. The average Bonchev–Trinajstić information content (AvgIpc) is 1.85. The van der Waals surface area contributed by atoms with Crippen molar-refractivity contribution in [3.8, 4) is 0 Å². The van der Waals surface area contributed by atoms with E-state index in [1.165, 1.54) is 0 Å². The summed E-state index contributed by atoms with van der Waals surface area (Å²) in [7, 11) is 0. The summed E-state index contributed by atoms with van der Waals surface area (Å²) in [5, 5.41) is 17.1. The first-order valence-corrected chi connectivity index (χ1v) is 4.02. The molecule has 0 fully saturated rings. The van der Waals surface area contributed by atoms with Crippen LogP contribution < -0.4 is 0 Å². The quantitative estimate of drug-likeness (QED) is 0.691. The molecule has 0 aromatic carbocycles. The number of hydrogen-bond donors (Lipinski definition) is 2. The number of halogens is 3. The van der Waals surface area contributed by atoms with Crippen LogP contribution in [0.2, 0.25) is 0 Å². The smallest absolute Gasteiger partial charge is 0.213 e. The standard InChI is InChI=1S/C5H9Cl3O3/c6-5(7,8)3-11-2-4(10)1-9/h4,9-10H,1-3H2/t4-/m1/s1. The van der Waals surface area contributed by atoms with E-state index in [4.69, 9.17) is 49.8 Å². The van der Waals surface area contributed by atoms with Crippen molar-refractivity contribution in [2.45, 2.75) is 9.90 Å². The van der Waals surface area contributed by atoms with E-state index >= 15 is 0 Å². The number of hydrogen-bond acceptors (Lipinski definition) is 3. The zero-order valence-corrected chi connectivity index (χ0v) is 7.90. The van der Waals surface area contributed by atoms with E-state index in [0.717, 1.165) is 0 Å². The summed E-state index contributed by atoms with van der Waals surface area (Å²) < 4.78 is 3.28. The minimum absolute atomic E-state index is 0.0373. The third kappa shape index (κ3) is 8.66. The van der Waals surface area contributed by atoms with Crippen molar-refractivity contribution in [2.75, 3.05) is 19.8 Å². The Morgan fingerprint density at radius 2 is 1.91 bits per heavy atom. The molecule has 0 aliphatic carbocycles. The Labute approximate surface area is 79.8 Å². The van der Waals surface area contributed by atoms with Crippen molar-refractivity contribution in [3.05, 3.63) is 0 Å². The van der Waals surface area contributed by atoms with Gasteiger partial charge in [0, 0.05) is 0 Å². The van der Waals surface area contributed by atoms with Crippen molar-refractivity contribution >= 4 is 34.8 Å². The second-order valence-corrected chi connectivity index (χ2v) is 4.48. The molecule has 68 valence electrons. The van der Waals surface area contributed by atoms with Crippen molar-refractivity contribution in [2.24, 2.45) is 0 Å². The number of aliphatic hydroxyl groups is 2. The number of alkyl halides is 3. The summed E-state index contributed by atoms with van der Waals surface area (Å²) in [6, 6.07) is 0. The van der Waals surface area contributed by atoms with Gasteiger partial charge in [0.15, 0.2) is 0 Å². The maximum absolute atomic E-state index is 8.75. The summed E-state index contributed by atoms with van der Waals surface area (Å²) in [4.78, 5) is 0. The molecule has 2 N–H and O–H groups in total. The Morgan fingerprint density at radius 3 is 2.27 bits per heavy atom. The second kappa shape index (κ2) is 5.41. The highest BCUT2D eigenvalue weighted by atomic mass is 35.6. The predicted molar refractivity (Wildman–Crippen MR) is 44.2 cm³/mol. The van der Waals surface area contributed by atoms with Gasteiger partial charge in [-0.05, 0) is 0 Å². The zero-order chi connectivity index (χ0) is 8.91. The van der Waals surface area contributed by atoms with Crippen molar-refractivity contribution in [1.29, 1.82) is 0 Å². The van der Waals surface area contributed by atoms with Gasteiger partial charge in [-0.25, -0.2) is 0 Å². The predicted octanol–water partition coefficient (Wildman–Crippen LogP) is 0.726. The summed E-state index contributed by atoms with van der Waals surface area (Å²) in [5.41, 5.74) is 0. The minimum atomic E-state index is -1.46. The fourth-order valence-corrected chi connectivity index (χ4v) is 0.595. The highest BCUT2D eigenvalue weighted by Gasteiger charge is 2.19. The topological polar surface area (TPSA) is 49.7 Å². The molecule has 11 heavy (non-hydrogen) atoms.